The molecule has 0 radical (unpaired) electrons. The molecule has 1 fully saturated rings. The number of hydrogen-bond donors (Lipinski definition) is 1. The lowest BCUT2D eigenvalue weighted by molar-refractivity contribution is 0.586. The van der Waals surface area contributed by atoms with Gasteiger partial charge in [0.2, 0.25) is 0 Å². The number of aromatic nitrogens is 1. The van der Waals surface area contributed by atoms with Gasteiger partial charge in [0.25, 0.3) is 0 Å². The van der Waals surface area contributed by atoms with Crippen LogP contribution in [0.5, 0.6) is 0 Å². The molecule has 88 valence electrons. The topological polar surface area (TPSA) is 24.9 Å². The van der Waals surface area contributed by atoms with E-state index in [4.69, 9.17) is 0 Å². The smallest absolute Gasteiger partial charge is 0.125 e. The van der Waals surface area contributed by atoms with E-state index >= 15 is 0 Å². The Morgan fingerprint density at radius 1 is 1.31 bits per heavy atom. The fourth-order valence-electron chi connectivity index (χ4n) is 1.64. The molecule has 0 amide bonds. The highest BCUT2D eigenvalue weighted by Crippen LogP contribution is 2.44. The lowest BCUT2D eigenvalue weighted by Crippen LogP contribution is -2.14. The summed E-state index contributed by atoms with van der Waals surface area (Å²) in [5.74, 6) is 1.00. The van der Waals surface area contributed by atoms with E-state index in [2.05, 4.69) is 50.1 Å². The number of nitrogens with one attached hydrogen (secondary N) is 1. The SMILES string of the molecule is CC1(CNc2ccc(C(C)(C)C)cn2)CC1. The van der Waals surface area contributed by atoms with Crippen LogP contribution in [0.25, 0.3) is 0 Å². The molecule has 0 aliphatic heterocycles. The van der Waals surface area contributed by atoms with E-state index in [9.17, 15) is 0 Å². The Morgan fingerprint density at radius 2 is 2.00 bits per heavy atom. The fraction of sp³-hybridized carbons (Fsp3) is 0.643. The molecule has 0 unspecified atom stereocenters. The summed E-state index contributed by atoms with van der Waals surface area (Å²) in [4.78, 5) is 4.46. The maximum atomic E-state index is 4.46. The Morgan fingerprint density at radius 3 is 2.44 bits per heavy atom. The predicted octanol–water partition coefficient (Wildman–Crippen LogP) is 3.59. The summed E-state index contributed by atoms with van der Waals surface area (Å²) < 4.78 is 0. The summed E-state index contributed by atoms with van der Waals surface area (Å²) >= 11 is 0. The van der Waals surface area contributed by atoms with Crippen molar-refractivity contribution in [1.29, 1.82) is 0 Å². The average molecular weight is 218 g/mol. The van der Waals surface area contributed by atoms with Crippen LogP contribution < -0.4 is 5.32 Å². The van der Waals surface area contributed by atoms with Gasteiger partial charge in [-0.1, -0.05) is 33.8 Å². The van der Waals surface area contributed by atoms with Gasteiger partial charge in [0.05, 0.1) is 0 Å². The average Bonchev–Trinajstić information content (AvgIpc) is 2.94. The summed E-state index contributed by atoms with van der Waals surface area (Å²) in [6.07, 6.45) is 4.68. The van der Waals surface area contributed by atoms with Crippen molar-refractivity contribution in [1.82, 2.24) is 4.98 Å². The molecule has 1 aromatic rings. The Balaban J connectivity index is 1.96. The second kappa shape index (κ2) is 3.76. The van der Waals surface area contributed by atoms with Crippen molar-refractivity contribution >= 4 is 5.82 Å². The molecule has 0 aromatic carbocycles. The molecule has 0 bridgehead atoms. The minimum atomic E-state index is 0.188. The highest BCUT2D eigenvalue weighted by atomic mass is 15.0. The van der Waals surface area contributed by atoms with Crippen LogP contribution in [0.15, 0.2) is 18.3 Å². The van der Waals surface area contributed by atoms with Crippen molar-refractivity contribution in [3.8, 4) is 0 Å². The van der Waals surface area contributed by atoms with Gasteiger partial charge in [-0.2, -0.15) is 0 Å². The number of nitrogens with zero attached hydrogens (tertiary/aromatic N) is 1. The second-order valence-corrected chi connectivity index (χ2v) is 6.35. The Bertz CT molecular complexity index is 355. The van der Waals surface area contributed by atoms with E-state index in [-0.39, 0.29) is 5.41 Å². The minimum Gasteiger partial charge on any atom is -0.370 e. The zero-order chi connectivity index (χ0) is 11.8. The van der Waals surface area contributed by atoms with Gasteiger partial charge in [-0.3, -0.25) is 0 Å². The van der Waals surface area contributed by atoms with E-state index < -0.39 is 0 Å². The predicted molar refractivity (Wildman–Crippen MR) is 68.8 cm³/mol. The minimum absolute atomic E-state index is 0.188. The van der Waals surface area contributed by atoms with E-state index in [1.54, 1.807) is 0 Å². The van der Waals surface area contributed by atoms with Gasteiger partial charge in [0.15, 0.2) is 0 Å². The first-order chi connectivity index (χ1) is 7.39. The van der Waals surface area contributed by atoms with Gasteiger partial charge in [-0.15, -0.1) is 0 Å². The van der Waals surface area contributed by atoms with E-state index in [0.29, 0.717) is 5.41 Å². The molecule has 2 nitrogen and oxygen atoms in total. The van der Waals surface area contributed by atoms with Crippen LogP contribution in [0, 0.1) is 5.41 Å². The first kappa shape index (κ1) is 11.4. The largest absolute Gasteiger partial charge is 0.370 e. The second-order valence-electron chi connectivity index (χ2n) is 6.35. The number of pyridine rings is 1. The molecule has 1 aliphatic carbocycles. The summed E-state index contributed by atoms with van der Waals surface area (Å²) in [6, 6.07) is 4.26. The first-order valence-corrected chi connectivity index (χ1v) is 6.10. The van der Waals surface area contributed by atoms with Crippen molar-refractivity contribution in [3.63, 3.8) is 0 Å². The summed E-state index contributed by atoms with van der Waals surface area (Å²) in [5, 5.41) is 3.41. The van der Waals surface area contributed by atoms with Crippen molar-refractivity contribution < 1.29 is 0 Å². The Labute approximate surface area is 98.5 Å². The summed E-state index contributed by atoms with van der Waals surface area (Å²) in [6.45, 7) is 10.0. The van der Waals surface area contributed by atoms with Crippen molar-refractivity contribution in [2.75, 3.05) is 11.9 Å². The third-order valence-electron chi connectivity index (χ3n) is 3.43. The van der Waals surface area contributed by atoms with Crippen LogP contribution in [-0.2, 0) is 5.41 Å². The Kier molecular flexibility index (Phi) is 2.69. The first-order valence-electron chi connectivity index (χ1n) is 6.10. The standard InChI is InChI=1S/C14H22N2/c1-13(2,3)11-5-6-12(15-9-11)16-10-14(4)7-8-14/h5-6,9H,7-8,10H2,1-4H3,(H,15,16). The lowest BCUT2D eigenvalue weighted by atomic mass is 9.88. The van der Waals surface area contributed by atoms with Gasteiger partial charge < -0.3 is 5.32 Å². The molecule has 0 atom stereocenters. The van der Waals surface area contributed by atoms with Crippen LogP contribution in [0.1, 0.15) is 46.1 Å². The van der Waals surface area contributed by atoms with Gasteiger partial charge in [-0.25, -0.2) is 4.98 Å². The van der Waals surface area contributed by atoms with Crippen LogP contribution in [0.2, 0.25) is 0 Å². The maximum absolute atomic E-state index is 4.46. The molecule has 2 rings (SSSR count). The van der Waals surface area contributed by atoms with Gasteiger partial charge in [-0.05, 0) is 35.3 Å². The van der Waals surface area contributed by atoms with Crippen LogP contribution >= 0.6 is 0 Å². The van der Waals surface area contributed by atoms with Gasteiger partial charge >= 0.3 is 0 Å². The van der Waals surface area contributed by atoms with Gasteiger partial charge in [0, 0.05) is 12.7 Å². The summed E-state index contributed by atoms with van der Waals surface area (Å²) in [7, 11) is 0. The van der Waals surface area contributed by atoms with E-state index in [0.717, 1.165) is 12.4 Å². The quantitative estimate of drug-likeness (QED) is 0.838. The highest BCUT2D eigenvalue weighted by Gasteiger charge is 2.36. The maximum Gasteiger partial charge on any atom is 0.125 e. The monoisotopic (exact) mass is 218 g/mol. The molecular formula is C14H22N2. The zero-order valence-corrected chi connectivity index (χ0v) is 10.8. The molecule has 1 saturated carbocycles. The molecular weight excluding hydrogens is 196 g/mol. The molecule has 1 heterocycles. The zero-order valence-electron chi connectivity index (χ0n) is 10.8. The number of anilines is 1. The number of hydrogen-bond acceptors (Lipinski definition) is 2. The Hall–Kier alpha value is -1.05. The molecule has 16 heavy (non-hydrogen) atoms. The molecule has 0 spiro atoms. The van der Waals surface area contributed by atoms with Crippen molar-refractivity contribution in [3.05, 3.63) is 23.9 Å². The lowest BCUT2D eigenvalue weighted by Gasteiger charge is -2.19. The third kappa shape index (κ3) is 2.75. The van der Waals surface area contributed by atoms with Crippen molar-refractivity contribution in [2.45, 2.75) is 46.0 Å². The molecule has 1 aromatic heterocycles. The van der Waals surface area contributed by atoms with E-state index in [1.165, 1.54) is 18.4 Å². The van der Waals surface area contributed by atoms with Crippen molar-refractivity contribution in [2.24, 2.45) is 5.41 Å². The number of rotatable bonds is 3. The van der Waals surface area contributed by atoms with Crippen LogP contribution in [-0.4, -0.2) is 11.5 Å². The van der Waals surface area contributed by atoms with E-state index in [1.807, 2.05) is 6.20 Å². The highest BCUT2D eigenvalue weighted by molar-refractivity contribution is 5.37. The molecule has 0 saturated heterocycles. The van der Waals surface area contributed by atoms with Crippen LogP contribution in [0.3, 0.4) is 0 Å². The summed E-state index contributed by atoms with van der Waals surface area (Å²) in [5.41, 5.74) is 2.01. The third-order valence-corrected chi connectivity index (χ3v) is 3.43. The van der Waals surface area contributed by atoms with Crippen LogP contribution in [0.4, 0.5) is 5.82 Å². The molecule has 2 heteroatoms. The fourth-order valence-corrected chi connectivity index (χ4v) is 1.64. The normalized spacial score (nSPS) is 18.2. The molecule has 1 aliphatic rings. The molecule has 1 N–H and O–H groups in total. The van der Waals surface area contributed by atoms with Gasteiger partial charge in [0.1, 0.15) is 5.82 Å².